The van der Waals surface area contributed by atoms with E-state index < -0.39 is 34.6 Å². The first kappa shape index (κ1) is 25.4. The highest BCUT2D eigenvalue weighted by Crippen LogP contribution is 2.43. The number of unbranched alkanes of at least 4 members (excludes halogenated alkanes) is 3. The van der Waals surface area contributed by atoms with Crippen LogP contribution in [0.25, 0.3) is 33.4 Å². The van der Waals surface area contributed by atoms with Crippen molar-refractivity contribution in [2.75, 3.05) is 0 Å². The summed E-state index contributed by atoms with van der Waals surface area (Å²) in [5, 5.41) is 40.2. The number of hydrogen-bond donors (Lipinski definition) is 4. The first-order valence-electron chi connectivity index (χ1n) is 11.7. The van der Waals surface area contributed by atoms with Gasteiger partial charge in [-0.2, -0.15) is 0 Å². The summed E-state index contributed by atoms with van der Waals surface area (Å²) in [5.74, 6) is -4.51. The van der Waals surface area contributed by atoms with Crippen LogP contribution in [0.2, 0.25) is 0 Å². The van der Waals surface area contributed by atoms with E-state index >= 15 is 0 Å². The van der Waals surface area contributed by atoms with E-state index in [-0.39, 0.29) is 33.6 Å². The van der Waals surface area contributed by atoms with Crippen LogP contribution in [0.15, 0.2) is 51.7 Å². The molecule has 0 aromatic heterocycles. The van der Waals surface area contributed by atoms with Crippen LogP contribution in [0.5, 0.6) is 5.75 Å². The standard InChI is InChI=1S/C28H24O9/c1-2-3-4-5-6-14-9-21-24(13-22(14)30)37-23-10-15(29)7-8-16(23)25(21)17-11-19(27(33)34)20(28(35)36)12-18(17)26(31)32/h7-13,30H,2-6H2,1H3,(H,31,32)(H,33,34)(H,35,36). The molecule has 0 amide bonds. The molecule has 190 valence electrons. The quantitative estimate of drug-likeness (QED) is 0.170. The highest BCUT2D eigenvalue weighted by molar-refractivity contribution is 6.12. The summed E-state index contributed by atoms with van der Waals surface area (Å²) in [4.78, 5) is 47.9. The van der Waals surface area contributed by atoms with Gasteiger partial charge in [0, 0.05) is 28.6 Å². The number of fused-ring (bicyclic) bond motifs is 2. The average Bonchev–Trinajstić information content (AvgIpc) is 2.84. The molecule has 0 fully saturated rings. The number of carbonyl (C=O) groups is 3. The second-order valence-corrected chi connectivity index (χ2v) is 8.78. The summed E-state index contributed by atoms with van der Waals surface area (Å²) in [6, 6.07) is 8.80. The molecule has 1 heterocycles. The maximum Gasteiger partial charge on any atom is 0.336 e. The first-order chi connectivity index (χ1) is 17.6. The maximum atomic E-state index is 12.2. The molecule has 9 nitrogen and oxygen atoms in total. The third-order valence-electron chi connectivity index (χ3n) is 6.31. The van der Waals surface area contributed by atoms with E-state index in [9.17, 15) is 39.6 Å². The monoisotopic (exact) mass is 504 g/mol. The molecule has 1 aliphatic carbocycles. The van der Waals surface area contributed by atoms with Crippen molar-refractivity contribution in [3.05, 3.63) is 74.9 Å². The second kappa shape index (κ2) is 10.1. The van der Waals surface area contributed by atoms with Crippen LogP contribution in [0.3, 0.4) is 0 Å². The van der Waals surface area contributed by atoms with Crippen LogP contribution in [0.1, 0.15) is 69.2 Å². The Morgan fingerprint density at radius 3 is 2.11 bits per heavy atom. The molecule has 2 aromatic carbocycles. The van der Waals surface area contributed by atoms with Crippen molar-refractivity contribution in [2.24, 2.45) is 0 Å². The largest absolute Gasteiger partial charge is 0.508 e. The van der Waals surface area contributed by atoms with Gasteiger partial charge in [0.05, 0.1) is 16.7 Å². The van der Waals surface area contributed by atoms with Crippen molar-refractivity contribution < 1.29 is 39.2 Å². The minimum absolute atomic E-state index is 0.0257. The zero-order chi connectivity index (χ0) is 26.9. The van der Waals surface area contributed by atoms with Crippen molar-refractivity contribution in [2.45, 2.75) is 39.0 Å². The zero-order valence-corrected chi connectivity index (χ0v) is 19.9. The summed E-state index contributed by atoms with van der Waals surface area (Å²) in [6.07, 6.45) is 4.38. The number of aromatic hydroxyl groups is 1. The fourth-order valence-electron chi connectivity index (χ4n) is 4.52. The maximum absolute atomic E-state index is 12.2. The van der Waals surface area contributed by atoms with Gasteiger partial charge < -0.3 is 24.8 Å². The molecule has 0 saturated carbocycles. The fourth-order valence-corrected chi connectivity index (χ4v) is 4.52. The normalized spacial score (nSPS) is 11.2. The molecule has 0 radical (unpaired) electrons. The van der Waals surface area contributed by atoms with Gasteiger partial charge in [0.1, 0.15) is 17.1 Å². The number of carboxylic acids is 3. The Morgan fingerprint density at radius 1 is 0.784 bits per heavy atom. The molecule has 2 aromatic rings. The molecule has 37 heavy (non-hydrogen) atoms. The van der Waals surface area contributed by atoms with Gasteiger partial charge in [-0.15, -0.1) is 0 Å². The number of benzene rings is 3. The van der Waals surface area contributed by atoms with Gasteiger partial charge in [-0.1, -0.05) is 26.2 Å². The van der Waals surface area contributed by atoms with Gasteiger partial charge in [0.2, 0.25) is 0 Å². The van der Waals surface area contributed by atoms with Gasteiger partial charge >= 0.3 is 17.9 Å². The van der Waals surface area contributed by atoms with Crippen molar-refractivity contribution in [1.82, 2.24) is 0 Å². The highest BCUT2D eigenvalue weighted by atomic mass is 16.4. The van der Waals surface area contributed by atoms with Gasteiger partial charge in [-0.05, 0) is 54.3 Å². The topological polar surface area (TPSA) is 162 Å². The van der Waals surface area contributed by atoms with E-state index in [2.05, 4.69) is 6.92 Å². The van der Waals surface area contributed by atoms with E-state index in [1.54, 1.807) is 6.07 Å². The molecule has 4 N–H and O–H groups in total. The van der Waals surface area contributed by atoms with Gasteiger partial charge in [-0.25, -0.2) is 14.4 Å². The Morgan fingerprint density at radius 2 is 1.46 bits per heavy atom. The molecule has 0 unspecified atom stereocenters. The zero-order valence-electron chi connectivity index (χ0n) is 19.9. The minimum Gasteiger partial charge on any atom is -0.508 e. The first-order valence-corrected chi connectivity index (χ1v) is 11.7. The Balaban J connectivity index is 2.11. The Labute approximate surface area is 210 Å². The van der Waals surface area contributed by atoms with E-state index in [4.69, 9.17) is 4.42 Å². The summed E-state index contributed by atoms with van der Waals surface area (Å²) >= 11 is 0. The number of carboxylic acid groups (broad SMARTS) is 3. The number of aryl methyl sites for hydroxylation is 1. The third-order valence-corrected chi connectivity index (χ3v) is 6.31. The number of phenolic OH excluding ortho intramolecular Hbond substituents is 1. The van der Waals surface area contributed by atoms with Crippen molar-refractivity contribution in [3.8, 4) is 28.2 Å². The van der Waals surface area contributed by atoms with Crippen LogP contribution >= 0.6 is 0 Å². The average molecular weight is 504 g/mol. The number of rotatable bonds is 9. The SMILES string of the molecule is CCCCCCc1cc2c(-c3cc(C(=O)O)c(C(=O)O)cc3C(=O)O)c3ccc(=O)cc-3oc2cc1O. The second-order valence-electron chi connectivity index (χ2n) is 8.78. The number of hydrogen-bond acceptors (Lipinski definition) is 6. The number of phenols is 1. The molecule has 0 spiro atoms. The van der Waals surface area contributed by atoms with Gasteiger partial charge in [0.25, 0.3) is 0 Å². The fraction of sp³-hybridized carbons (Fsp3) is 0.214. The molecule has 0 saturated heterocycles. The lowest BCUT2D eigenvalue weighted by Gasteiger charge is -2.19. The van der Waals surface area contributed by atoms with Gasteiger partial charge in [-0.3, -0.25) is 4.79 Å². The minimum atomic E-state index is -1.58. The molecule has 0 atom stereocenters. The van der Waals surface area contributed by atoms with Crippen molar-refractivity contribution >= 4 is 28.9 Å². The molecular weight excluding hydrogens is 480 g/mol. The summed E-state index contributed by atoms with van der Waals surface area (Å²) in [6.45, 7) is 2.08. The molecule has 1 aliphatic heterocycles. The summed E-state index contributed by atoms with van der Waals surface area (Å²) in [5.41, 5.74) is -0.783. The lowest BCUT2D eigenvalue weighted by Crippen LogP contribution is -2.12. The predicted molar refractivity (Wildman–Crippen MR) is 135 cm³/mol. The summed E-state index contributed by atoms with van der Waals surface area (Å²) in [7, 11) is 0. The van der Waals surface area contributed by atoms with Crippen LogP contribution in [0, 0.1) is 0 Å². The van der Waals surface area contributed by atoms with E-state index in [1.165, 1.54) is 24.3 Å². The van der Waals surface area contributed by atoms with Gasteiger partial charge in [0.15, 0.2) is 5.43 Å². The Kier molecular flexibility index (Phi) is 6.97. The van der Waals surface area contributed by atoms with E-state index in [0.29, 0.717) is 22.9 Å². The van der Waals surface area contributed by atoms with Crippen LogP contribution < -0.4 is 5.43 Å². The molecule has 0 bridgehead atoms. The van der Waals surface area contributed by atoms with Crippen LogP contribution in [-0.4, -0.2) is 38.3 Å². The van der Waals surface area contributed by atoms with Crippen molar-refractivity contribution in [1.29, 1.82) is 0 Å². The predicted octanol–water partition coefficient (Wildman–Crippen LogP) is 5.49. The third kappa shape index (κ3) is 4.88. The van der Waals surface area contributed by atoms with E-state index in [1.807, 2.05) is 0 Å². The molecule has 2 aliphatic rings. The lowest BCUT2D eigenvalue weighted by atomic mass is 9.87. The Bertz CT molecular complexity index is 1580. The molecular formula is C28H24O9. The molecule has 4 rings (SSSR count). The summed E-state index contributed by atoms with van der Waals surface area (Å²) < 4.78 is 5.89. The lowest BCUT2D eigenvalue weighted by molar-refractivity contribution is 0.0649. The Hall–Kier alpha value is -4.66. The highest BCUT2D eigenvalue weighted by Gasteiger charge is 2.27. The van der Waals surface area contributed by atoms with E-state index in [0.717, 1.165) is 37.8 Å². The van der Waals surface area contributed by atoms with Crippen LogP contribution in [-0.2, 0) is 6.42 Å². The van der Waals surface area contributed by atoms with Crippen LogP contribution in [0.4, 0.5) is 0 Å². The smallest absolute Gasteiger partial charge is 0.336 e. The molecule has 9 heteroatoms. The number of aromatic carboxylic acids is 3. The van der Waals surface area contributed by atoms with Crippen molar-refractivity contribution in [3.63, 3.8) is 0 Å².